The zero-order valence-electron chi connectivity index (χ0n) is 8.89. The molecule has 1 rings (SSSR count). The Hall–Kier alpha value is -1.10. The van der Waals surface area contributed by atoms with Gasteiger partial charge in [0.05, 0.1) is 16.3 Å². The van der Waals surface area contributed by atoms with Gasteiger partial charge in [-0.2, -0.15) is 0 Å². The lowest BCUT2D eigenvalue weighted by Gasteiger charge is -2.06. The molecule has 88 valence electrons. The van der Waals surface area contributed by atoms with E-state index in [1.54, 1.807) is 13.8 Å². The van der Waals surface area contributed by atoms with Crippen molar-refractivity contribution >= 4 is 26.5 Å². The van der Waals surface area contributed by atoms with Gasteiger partial charge in [-0.1, -0.05) is 23.2 Å². The summed E-state index contributed by atoms with van der Waals surface area (Å²) in [4.78, 5) is 4.49. The number of nitrogens with one attached hydrogen (secondary N) is 1. The zero-order chi connectivity index (χ0) is 12.2. The second-order valence-corrected chi connectivity index (χ2v) is 6.45. The van der Waals surface area contributed by atoms with Crippen LogP contribution in [-0.4, -0.2) is 30.4 Å². The van der Waals surface area contributed by atoms with Crippen LogP contribution in [0.4, 0.5) is 5.13 Å². The summed E-state index contributed by atoms with van der Waals surface area (Å²) in [5.74, 6) is 5.11. The molecule has 0 atom stereocenters. The average Bonchev–Trinajstić information content (AvgIpc) is 2.61. The lowest BCUT2D eigenvalue weighted by Crippen LogP contribution is -2.22. The second kappa shape index (κ2) is 5.30. The van der Waals surface area contributed by atoms with Crippen LogP contribution in [0.25, 0.3) is 0 Å². The fourth-order valence-electron chi connectivity index (χ4n) is 0.745. The van der Waals surface area contributed by atoms with Crippen LogP contribution >= 0.6 is 11.3 Å². The Labute approximate surface area is 98.6 Å². The summed E-state index contributed by atoms with van der Waals surface area (Å²) in [5.41, 5.74) is 0. The fourth-order valence-corrected chi connectivity index (χ4v) is 2.33. The maximum absolute atomic E-state index is 11.5. The Kier molecular flexibility index (Phi) is 4.29. The summed E-state index contributed by atoms with van der Waals surface area (Å²) in [7, 11) is -3.36. The van der Waals surface area contributed by atoms with Gasteiger partial charge in [0, 0.05) is 0 Å². The molecular weight excluding hydrogens is 248 g/mol. The van der Waals surface area contributed by atoms with Crippen molar-refractivity contribution in [3.05, 3.63) is 11.1 Å². The molecule has 0 aromatic carbocycles. The Balaban J connectivity index is 2.81. The summed E-state index contributed by atoms with van der Waals surface area (Å²) in [5, 5.41) is 8.27. The van der Waals surface area contributed by atoms with Crippen LogP contribution in [0.3, 0.4) is 0 Å². The molecular formula is C9H12N2O3S2. The highest BCUT2D eigenvalue weighted by molar-refractivity contribution is 7.93. The number of anilines is 1. The van der Waals surface area contributed by atoms with Crippen molar-refractivity contribution in [2.24, 2.45) is 0 Å². The molecule has 16 heavy (non-hydrogen) atoms. The monoisotopic (exact) mass is 260 g/mol. The first-order chi connectivity index (χ1) is 7.45. The molecule has 0 saturated heterocycles. The molecule has 0 saturated carbocycles. The van der Waals surface area contributed by atoms with Crippen LogP contribution in [0.5, 0.6) is 0 Å². The molecule has 2 N–H and O–H groups in total. The summed E-state index contributed by atoms with van der Waals surface area (Å²) in [6.07, 6.45) is 1.46. The van der Waals surface area contributed by atoms with Crippen molar-refractivity contribution in [3.63, 3.8) is 0 Å². The van der Waals surface area contributed by atoms with E-state index < -0.39 is 15.3 Å². The third-order valence-corrected chi connectivity index (χ3v) is 4.32. The maximum Gasteiger partial charge on any atom is 0.236 e. The van der Waals surface area contributed by atoms with Crippen LogP contribution in [0.15, 0.2) is 6.20 Å². The highest BCUT2D eigenvalue weighted by Gasteiger charge is 2.16. The molecule has 1 aromatic rings. The zero-order valence-corrected chi connectivity index (χ0v) is 10.5. The standard InChI is InChI=1S/C9H12N2O3S2/c1-7(2)16(13,14)11-9-10-6-8(15-9)4-3-5-12/h6-7,12H,5H2,1-2H3,(H,10,11). The van der Waals surface area contributed by atoms with Gasteiger partial charge in [0.1, 0.15) is 6.61 Å². The van der Waals surface area contributed by atoms with E-state index in [0.29, 0.717) is 4.88 Å². The number of aliphatic hydroxyl groups excluding tert-OH is 1. The number of rotatable bonds is 3. The van der Waals surface area contributed by atoms with Gasteiger partial charge in [-0.25, -0.2) is 13.4 Å². The summed E-state index contributed by atoms with van der Waals surface area (Å²) in [6, 6.07) is 0. The normalized spacial score (nSPS) is 11.0. The molecule has 0 spiro atoms. The largest absolute Gasteiger partial charge is 0.384 e. The molecule has 0 unspecified atom stereocenters. The first-order valence-corrected chi connectivity index (χ1v) is 6.89. The minimum atomic E-state index is -3.36. The number of aliphatic hydroxyl groups is 1. The molecule has 0 aliphatic heterocycles. The van der Waals surface area contributed by atoms with Crippen LogP contribution in [-0.2, 0) is 10.0 Å². The van der Waals surface area contributed by atoms with Crippen molar-refractivity contribution in [1.82, 2.24) is 4.98 Å². The quantitative estimate of drug-likeness (QED) is 0.782. The molecule has 1 aromatic heterocycles. The van der Waals surface area contributed by atoms with Gasteiger partial charge in [-0.3, -0.25) is 4.72 Å². The number of nitrogens with zero attached hydrogens (tertiary/aromatic N) is 1. The van der Waals surface area contributed by atoms with Crippen LogP contribution in [0, 0.1) is 11.8 Å². The third-order valence-electron chi connectivity index (χ3n) is 1.65. The molecule has 0 radical (unpaired) electrons. The highest BCUT2D eigenvalue weighted by Crippen LogP contribution is 2.19. The van der Waals surface area contributed by atoms with E-state index in [1.807, 2.05) is 0 Å². The van der Waals surface area contributed by atoms with E-state index >= 15 is 0 Å². The summed E-state index contributed by atoms with van der Waals surface area (Å²) < 4.78 is 25.4. The predicted molar refractivity (Wildman–Crippen MR) is 63.8 cm³/mol. The SMILES string of the molecule is CC(C)S(=O)(=O)Nc1ncc(C#CCO)s1. The predicted octanol–water partition coefficient (Wildman–Crippen LogP) is 0.637. The second-order valence-electron chi connectivity index (χ2n) is 3.19. The summed E-state index contributed by atoms with van der Waals surface area (Å²) >= 11 is 1.13. The maximum atomic E-state index is 11.5. The number of aromatic nitrogens is 1. The lowest BCUT2D eigenvalue weighted by atomic mass is 10.5. The molecule has 1 heterocycles. The van der Waals surface area contributed by atoms with Crippen LogP contribution in [0.1, 0.15) is 18.7 Å². The van der Waals surface area contributed by atoms with Crippen molar-refractivity contribution < 1.29 is 13.5 Å². The van der Waals surface area contributed by atoms with Gasteiger partial charge in [-0.15, -0.1) is 0 Å². The van der Waals surface area contributed by atoms with E-state index in [9.17, 15) is 8.42 Å². The molecule has 0 fully saturated rings. The summed E-state index contributed by atoms with van der Waals surface area (Å²) in [6.45, 7) is 2.94. The average molecular weight is 260 g/mol. The number of sulfonamides is 1. The number of hydrogen-bond donors (Lipinski definition) is 2. The van der Waals surface area contributed by atoms with Crippen LogP contribution < -0.4 is 4.72 Å². The number of hydrogen-bond acceptors (Lipinski definition) is 5. The molecule has 0 aliphatic rings. The van der Waals surface area contributed by atoms with E-state index in [0.717, 1.165) is 11.3 Å². The van der Waals surface area contributed by atoms with Gasteiger partial charge in [0.2, 0.25) is 10.0 Å². The first-order valence-electron chi connectivity index (χ1n) is 4.53. The van der Waals surface area contributed by atoms with Crippen molar-refractivity contribution in [1.29, 1.82) is 0 Å². The topological polar surface area (TPSA) is 79.3 Å². The molecule has 0 bridgehead atoms. The molecule has 0 aliphatic carbocycles. The smallest absolute Gasteiger partial charge is 0.236 e. The third kappa shape index (κ3) is 3.48. The van der Waals surface area contributed by atoms with Gasteiger partial charge in [0.15, 0.2) is 5.13 Å². The molecule has 7 heteroatoms. The minimum absolute atomic E-state index is 0.231. The Morgan fingerprint density at radius 3 is 2.88 bits per heavy atom. The Bertz CT molecular complexity index is 508. The van der Waals surface area contributed by atoms with E-state index in [4.69, 9.17) is 5.11 Å². The van der Waals surface area contributed by atoms with Crippen molar-refractivity contribution in [3.8, 4) is 11.8 Å². The van der Waals surface area contributed by atoms with E-state index in [1.165, 1.54) is 6.20 Å². The molecule has 0 amide bonds. The Morgan fingerprint density at radius 2 is 2.31 bits per heavy atom. The number of thiazole rings is 1. The highest BCUT2D eigenvalue weighted by atomic mass is 32.2. The van der Waals surface area contributed by atoms with Gasteiger partial charge in [-0.05, 0) is 13.8 Å². The fraction of sp³-hybridized carbons (Fsp3) is 0.444. The Morgan fingerprint density at radius 1 is 1.62 bits per heavy atom. The van der Waals surface area contributed by atoms with E-state index in [2.05, 4.69) is 21.5 Å². The van der Waals surface area contributed by atoms with Crippen molar-refractivity contribution in [2.45, 2.75) is 19.1 Å². The van der Waals surface area contributed by atoms with Gasteiger partial charge < -0.3 is 5.11 Å². The van der Waals surface area contributed by atoms with Gasteiger partial charge in [0.25, 0.3) is 0 Å². The van der Waals surface area contributed by atoms with E-state index in [-0.39, 0.29) is 11.7 Å². The lowest BCUT2D eigenvalue weighted by molar-refractivity contribution is 0.350. The minimum Gasteiger partial charge on any atom is -0.384 e. The van der Waals surface area contributed by atoms with Gasteiger partial charge >= 0.3 is 0 Å². The molecule has 5 nitrogen and oxygen atoms in total. The van der Waals surface area contributed by atoms with Crippen LogP contribution in [0.2, 0.25) is 0 Å². The van der Waals surface area contributed by atoms with Crippen molar-refractivity contribution in [2.75, 3.05) is 11.3 Å². The first kappa shape index (κ1) is 13.0.